The van der Waals surface area contributed by atoms with Crippen molar-refractivity contribution < 1.29 is 19.1 Å². The van der Waals surface area contributed by atoms with Crippen molar-refractivity contribution in [3.8, 4) is 11.5 Å². The number of nitrogens with zero attached hydrogens (tertiary/aromatic N) is 1. The van der Waals surface area contributed by atoms with Crippen molar-refractivity contribution in [2.75, 3.05) is 13.2 Å². The molecule has 29 heavy (non-hydrogen) atoms. The van der Waals surface area contributed by atoms with Crippen LogP contribution in [-0.2, 0) is 11.3 Å². The van der Waals surface area contributed by atoms with Crippen LogP contribution in [0.1, 0.15) is 41.9 Å². The largest absolute Gasteiger partial charge is 0.486 e. The van der Waals surface area contributed by atoms with Crippen LogP contribution in [0.25, 0.3) is 0 Å². The number of carbonyl (C=O) groups excluding carboxylic acids is 2. The monoisotopic (exact) mass is 401 g/mol. The minimum Gasteiger partial charge on any atom is -0.486 e. The minimum absolute atomic E-state index is 0.0300. The van der Waals surface area contributed by atoms with Gasteiger partial charge < -0.3 is 20.1 Å². The van der Waals surface area contributed by atoms with Gasteiger partial charge in [-0.05, 0) is 43.9 Å². The van der Waals surface area contributed by atoms with Gasteiger partial charge in [0.25, 0.3) is 5.91 Å². The van der Waals surface area contributed by atoms with Gasteiger partial charge in [-0.1, -0.05) is 0 Å². The second-order valence-electron chi connectivity index (χ2n) is 7.22. The van der Waals surface area contributed by atoms with Gasteiger partial charge in [0.2, 0.25) is 5.91 Å². The predicted molar refractivity (Wildman–Crippen MR) is 102 cm³/mol. The third-order valence-corrected chi connectivity index (χ3v) is 5.22. The Morgan fingerprint density at radius 1 is 1.10 bits per heavy atom. The molecule has 0 bridgehead atoms. The highest BCUT2D eigenvalue weighted by molar-refractivity contribution is 5.95. The molecule has 10 nitrogen and oxygen atoms in total. The van der Waals surface area contributed by atoms with Crippen LogP contribution >= 0.6 is 0 Å². The smallest absolute Gasteiger partial charge is 0.340 e. The van der Waals surface area contributed by atoms with Gasteiger partial charge in [-0.25, -0.2) is 9.89 Å². The van der Waals surface area contributed by atoms with E-state index >= 15 is 0 Å². The van der Waals surface area contributed by atoms with Crippen molar-refractivity contribution >= 4 is 11.8 Å². The number of rotatable bonds is 5. The Kier molecular flexibility index (Phi) is 5.50. The van der Waals surface area contributed by atoms with Crippen molar-refractivity contribution in [3.05, 3.63) is 40.1 Å². The molecule has 1 fully saturated rings. The molecule has 2 amide bonds. The highest BCUT2D eigenvalue weighted by Crippen LogP contribution is 2.31. The molecular formula is C19H23N5O5. The van der Waals surface area contributed by atoms with E-state index in [4.69, 9.17) is 9.47 Å². The number of amides is 2. The zero-order chi connectivity index (χ0) is 20.2. The third kappa shape index (κ3) is 4.58. The van der Waals surface area contributed by atoms with E-state index in [2.05, 4.69) is 25.8 Å². The number of ether oxygens (including phenoxy) is 2. The minimum atomic E-state index is -0.400. The molecule has 4 rings (SSSR count). The molecule has 2 aliphatic rings. The molecule has 10 heteroatoms. The summed E-state index contributed by atoms with van der Waals surface area (Å²) in [5, 5.41) is 11.8. The standard InChI is InChI=1S/C19H23N5O5/c25-17(20-10-16-22-19(27)24-23-16)11-1-4-13(5-2-11)21-18(26)12-3-6-14-15(9-12)29-8-7-28-14/h3,6,9,11,13H,1-2,4-5,7-8,10H2,(H,20,25)(H,21,26)(H2,22,23,24,27). The molecule has 0 radical (unpaired) electrons. The SMILES string of the molecule is O=C(NC1CCC(C(=O)NCc2n[nH]c(=O)[nH]2)CC1)c1ccc2c(c1)OCCO2. The van der Waals surface area contributed by atoms with Gasteiger partial charge >= 0.3 is 5.69 Å². The molecule has 0 spiro atoms. The summed E-state index contributed by atoms with van der Waals surface area (Å²) < 4.78 is 11.0. The highest BCUT2D eigenvalue weighted by Gasteiger charge is 2.27. The lowest BCUT2D eigenvalue weighted by Gasteiger charge is -2.28. The normalized spacial score (nSPS) is 20.7. The summed E-state index contributed by atoms with van der Waals surface area (Å²) >= 11 is 0. The fourth-order valence-corrected chi connectivity index (χ4v) is 3.66. The molecule has 4 N–H and O–H groups in total. The van der Waals surface area contributed by atoms with Crippen LogP contribution in [-0.4, -0.2) is 46.3 Å². The van der Waals surface area contributed by atoms with Crippen molar-refractivity contribution in [2.24, 2.45) is 5.92 Å². The number of benzene rings is 1. The lowest BCUT2D eigenvalue weighted by Crippen LogP contribution is -2.40. The Morgan fingerprint density at radius 3 is 2.59 bits per heavy atom. The van der Waals surface area contributed by atoms with Gasteiger partial charge in [-0.3, -0.25) is 14.6 Å². The molecule has 2 heterocycles. The van der Waals surface area contributed by atoms with E-state index in [0.717, 1.165) is 12.8 Å². The maximum Gasteiger partial charge on any atom is 0.340 e. The average molecular weight is 401 g/mol. The molecule has 0 atom stereocenters. The number of nitrogens with one attached hydrogen (secondary N) is 4. The molecule has 0 saturated heterocycles. The van der Waals surface area contributed by atoms with Crippen molar-refractivity contribution in [1.82, 2.24) is 25.8 Å². The molecule has 0 unspecified atom stereocenters. The predicted octanol–water partition coefficient (Wildman–Crippen LogP) is 0.474. The highest BCUT2D eigenvalue weighted by atomic mass is 16.6. The molecular weight excluding hydrogens is 378 g/mol. The van der Waals surface area contributed by atoms with Crippen LogP contribution in [0.3, 0.4) is 0 Å². The molecule has 2 aromatic rings. The van der Waals surface area contributed by atoms with Crippen LogP contribution in [0.15, 0.2) is 23.0 Å². The Bertz CT molecular complexity index is 944. The van der Waals surface area contributed by atoms with Gasteiger partial charge in [0.1, 0.15) is 19.0 Å². The second-order valence-corrected chi connectivity index (χ2v) is 7.22. The van der Waals surface area contributed by atoms with E-state index in [0.29, 0.717) is 48.9 Å². The molecule has 1 aromatic heterocycles. The summed E-state index contributed by atoms with van der Waals surface area (Å²) in [7, 11) is 0. The number of hydrogen-bond acceptors (Lipinski definition) is 6. The van der Waals surface area contributed by atoms with Crippen LogP contribution in [0.4, 0.5) is 0 Å². The van der Waals surface area contributed by atoms with E-state index in [1.807, 2.05) is 0 Å². The van der Waals surface area contributed by atoms with Crippen LogP contribution in [0.5, 0.6) is 11.5 Å². The van der Waals surface area contributed by atoms with Crippen LogP contribution in [0.2, 0.25) is 0 Å². The van der Waals surface area contributed by atoms with Gasteiger partial charge in [0, 0.05) is 17.5 Å². The Morgan fingerprint density at radius 2 is 1.86 bits per heavy atom. The van der Waals surface area contributed by atoms with E-state index in [9.17, 15) is 14.4 Å². The summed E-state index contributed by atoms with van der Waals surface area (Å²) in [6.07, 6.45) is 2.84. The summed E-state index contributed by atoms with van der Waals surface area (Å²) in [5.41, 5.74) is 0.130. The third-order valence-electron chi connectivity index (χ3n) is 5.22. The first-order chi connectivity index (χ1) is 14.1. The molecule has 1 saturated carbocycles. The fraction of sp³-hybridized carbons (Fsp3) is 0.474. The zero-order valence-electron chi connectivity index (χ0n) is 15.8. The average Bonchev–Trinajstić information content (AvgIpc) is 3.17. The number of carbonyl (C=O) groups is 2. The summed E-state index contributed by atoms with van der Waals surface area (Å²) in [4.78, 5) is 38.4. The number of H-pyrrole nitrogens is 2. The van der Waals surface area contributed by atoms with E-state index in [1.54, 1.807) is 18.2 Å². The molecule has 1 aliphatic carbocycles. The molecule has 154 valence electrons. The van der Waals surface area contributed by atoms with Gasteiger partial charge in [-0.15, -0.1) is 0 Å². The Balaban J connectivity index is 1.24. The fourth-order valence-electron chi connectivity index (χ4n) is 3.66. The lowest BCUT2D eigenvalue weighted by atomic mass is 9.85. The van der Waals surface area contributed by atoms with Crippen LogP contribution < -0.4 is 25.8 Å². The zero-order valence-corrected chi connectivity index (χ0v) is 15.8. The number of fused-ring (bicyclic) bond motifs is 1. The maximum absolute atomic E-state index is 12.5. The van der Waals surface area contributed by atoms with Gasteiger partial charge in [0.15, 0.2) is 11.5 Å². The van der Waals surface area contributed by atoms with Gasteiger partial charge in [-0.2, -0.15) is 5.10 Å². The first-order valence-corrected chi connectivity index (χ1v) is 9.70. The molecule has 1 aromatic carbocycles. The molecule has 1 aliphatic heterocycles. The number of aromatic nitrogens is 3. The Hall–Kier alpha value is -3.30. The second kappa shape index (κ2) is 8.38. The van der Waals surface area contributed by atoms with E-state index in [-0.39, 0.29) is 30.3 Å². The van der Waals surface area contributed by atoms with Crippen molar-refractivity contribution in [1.29, 1.82) is 0 Å². The van der Waals surface area contributed by atoms with Crippen molar-refractivity contribution in [2.45, 2.75) is 38.3 Å². The number of hydrogen-bond donors (Lipinski definition) is 4. The topological polar surface area (TPSA) is 138 Å². The van der Waals surface area contributed by atoms with Gasteiger partial charge in [0.05, 0.1) is 6.54 Å². The van der Waals surface area contributed by atoms with Crippen LogP contribution in [0, 0.1) is 5.92 Å². The first-order valence-electron chi connectivity index (χ1n) is 9.70. The Labute approximate surface area is 166 Å². The van der Waals surface area contributed by atoms with Crippen molar-refractivity contribution in [3.63, 3.8) is 0 Å². The van der Waals surface area contributed by atoms with E-state index in [1.165, 1.54) is 0 Å². The first kappa shape index (κ1) is 19.0. The lowest BCUT2D eigenvalue weighted by molar-refractivity contribution is -0.126. The number of aromatic amines is 2. The summed E-state index contributed by atoms with van der Waals surface area (Å²) in [5.74, 6) is 1.30. The quantitative estimate of drug-likeness (QED) is 0.575. The maximum atomic E-state index is 12.5. The summed E-state index contributed by atoms with van der Waals surface area (Å²) in [6.45, 7) is 1.16. The summed E-state index contributed by atoms with van der Waals surface area (Å²) in [6, 6.07) is 5.20. The van der Waals surface area contributed by atoms with E-state index < -0.39 is 5.69 Å².